The van der Waals surface area contributed by atoms with Gasteiger partial charge in [0.2, 0.25) is 0 Å². The van der Waals surface area contributed by atoms with Gasteiger partial charge >= 0.3 is 0 Å². The molecule has 0 radical (unpaired) electrons. The van der Waals surface area contributed by atoms with Gasteiger partial charge in [-0.05, 0) is 44.9 Å². The third-order valence-electron chi connectivity index (χ3n) is 4.03. The summed E-state index contributed by atoms with van der Waals surface area (Å²) in [6, 6.07) is 1.99. The van der Waals surface area contributed by atoms with Crippen molar-refractivity contribution >= 4 is 29.9 Å². The minimum atomic E-state index is 0. The number of halogens is 1. The Kier molecular flexibility index (Phi) is 10.1. The molecule has 2 N–H and O–H groups in total. The van der Waals surface area contributed by atoms with Crippen molar-refractivity contribution in [2.75, 3.05) is 13.1 Å². The van der Waals surface area contributed by atoms with Gasteiger partial charge in [0, 0.05) is 19.2 Å². The van der Waals surface area contributed by atoms with Crippen LogP contribution >= 0.6 is 24.0 Å². The summed E-state index contributed by atoms with van der Waals surface area (Å²) < 4.78 is 5.33. The lowest BCUT2D eigenvalue weighted by molar-refractivity contribution is 0.376. The zero-order chi connectivity index (χ0) is 16.5. The Morgan fingerprint density at radius 3 is 2.79 bits per heavy atom. The molecule has 2 rings (SSSR count). The third kappa shape index (κ3) is 7.23. The normalized spacial score (nSPS) is 15.0. The first kappa shape index (κ1) is 21.0. The van der Waals surface area contributed by atoms with Gasteiger partial charge in [-0.15, -0.1) is 24.0 Å². The molecule has 24 heavy (non-hydrogen) atoms. The zero-order valence-corrected chi connectivity index (χ0v) is 17.4. The maximum absolute atomic E-state index is 5.33. The molecule has 1 aromatic heterocycles. The second-order valence-corrected chi connectivity index (χ2v) is 6.35. The van der Waals surface area contributed by atoms with Crippen LogP contribution in [0.1, 0.15) is 70.2 Å². The van der Waals surface area contributed by atoms with E-state index in [1.165, 1.54) is 25.7 Å². The predicted octanol–water partition coefficient (Wildman–Crippen LogP) is 4.36. The molecule has 5 nitrogen and oxygen atoms in total. The van der Waals surface area contributed by atoms with Crippen molar-refractivity contribution in [2.24, 2.45) is 4.99 Å². The van der Waals surface area contributed by atoms with E-state index < -0.39 is 0 Å². The van der Waals surface area contributed by atoms with Gasteiger partial charge in [-0.1, -0.05) is 30.7 Å². The quantitative estimate of drug-likeness (QED) is 0.283. The second kappa shape index (κ2) is 11.5. The summed E-state index contributed by atoms with van der Waals surface area (Å²) in [6.45, 7) is 8.57. The highest BCUT2D eigenvalue weighted by molar-refractivity contribution is 14.0. The molecule has 1 aromatic rings. The van der Waals surface area contributed by atoms with Gasteiger partial charge in [-0.2, -0.15) is 0 Å². The van der Waals surface area contributed by atoms with Crippen LogP contribution in [0.15, 0.2) is 27.2 Å². The average molecular weight is 446 g/mol. The number of aliphatic imine (C=N–C) groups is 1. The summed E-state index contributed by atoms with van der Waals surface area (Å²) in [6.07, 6.45) is 8.68. The van der Waals surface area contributed by atoms with Gasteiger partial charge in [-0.25, -0.2) is 4.99 Å². The number of nitrogens with zero attached hydrogens (tertiary/aromatic N) is 2. The standard InChI is InChI=1S/C18H30N4O.HI/c1-4-19-18(20-11-10-15-8-6-5-7-9-15)21-13-16-12-17(14(2)3)22-23-16;/h8,12,14H,4-7,9-11,13H2,1-3H3,(H2,19,20,21);1H. The lowest BCUT2D eigenvalue weighted by Gasteiger charge is -2.14. The lowest BCUT2D eigenvalue weighted by Crippen LogP contribution is -2.37. The van der Waals surface area contributed by atoms with E-state index in [4.69, 9.17) is 4.52 Å². The molecule has 0 aromatic carbocycles. The van der Waals surface area contributed by atoms with Crippen LogP contribution in [0.4, 0.5) is 0 Å². The Labute approximate surface area is 162 Å². The molecule has 0 aliphatic heterocycles. The molecule has 1 aliphatic rings. The van der Waals surface area contributed by atoms with Gasteiger partial charge < -0.3 is 15.2 Å². The van der Waals surface area contributed by atoms with E-state index in [1.54, 1.807) is 5.57 Å². The van der Waals surface area contributed by atoms with Crippen molar-refractivity contribution in [1.82, 2.24) is 15.8 Å². The van der Waals surface area contributed by atoms with Crippen LogP contribution in [0, 0.1) is 0 Å². The van der Waals surface area contributed by atoms with Crippen molar-refractivity contribution in [3.8, 4) is 0 Å². The monoisotopic (exact) mass is 446 g/mol. The predicted molar refractivity (Wildman–Crippen MR) is 110 cm³/mol. The fourth-order valence-electron chi connectivity index (χ4n) is 2.65. The fourth-order valence-corrected chi connectivity index (χ4v) is 2.65. The largest absolute Gasteiger partial charge is 0.359 e. The van der Waals surface area contributed by atoms with E-state index in [1.807, 2.05) is 6.07 Å². The van der Waals surface area contributed by atoms with Crippen LogP contribution in [0.3, 0.4) is 0 Å². The van der Waals surface area contributed by atoms with Crippen LogP contribution in [0.25, 0.3) is 0 Å². The van der Waals surface area contributed by atoms with E-state index in [2.05, 4.69) is 47.6 Å². The highest BCUT2D eigenvalue weighted by atomic mass is 127. The first-order valence-corrected chi connectivity index (χ1v) is 8.84. The van der Waals surface area contributed by atoms with E-state index in [9.17, 15) is 0 Å². The highest BCUT2D eigenvalue weighted by Crippen LogP contribution is 2.19. The van der Waals surface area contributed by atoms with Crippen molar-refractivity contribution in [3.63, 3.8) is 0 Å². The molecule has 0 fully saturated rings. The summed E-state index contributed by atoms with van der Waals surface area (Å²) in [4.78, 5) is 4.58. The van der Waals surface area contributed by atoms with Gasteiger partial charge in [0.05, 0.1) is 5.69 Å². The Bertz CT molecular complexity index is 537. The lowest BCUT2D eigenvalue weighted by atomic mass is 9.97. The minimum absolute atomic E-state index is 0. The van der Waals surface area contributed by atoms with Gasteiger partial charge in [0.15, 0.2) is 11.7 Å². The molecule has 136 valence electrons. The first-order valence-electron chi connectivity index (χ1n) is 8.84. The van der Waals surface area contributed by atoms with E-state index in [-0.39, 0.29) is 24.0 Å². The van der Waals surface area contributed by atoms with Gasteiger partial charge in [-0.3, -0.25) is 0 Å². The molecule has 0 spiro atoms. The van der Waals surface area contributed by atoms with Crippen LogP contribution in [0.2, 0.25) is 0 Å². The summed E-state index contributed by atoms with van der Waals surface area (Å²) in [5.41, 5.74) is 2.56. The first-order chi connectivity index (χ1) is 11.2. The van der Waals surface area contributed by atoms with E-state index in [0.29, 0.717) is 12.5 Å². The average Bonchev–Trinajstić information content (AvgIpc) is 3.03. The van der Waals surface area contributed by atoms with Crippen molar-refractivity contribution in [1.29, 1.82) is 0 Å². The Hall–Kier alpha value is -1.05. The van der Waals surface area contributed by atoms with E-state index >= 15 is 0 Å². The Morgan fingerprint density at radius 2 is 2.17 bits per heavy atom. The number of hydrogen-bond acceptors (Lipinski definition) is 3. The molecule has 6 heteroatoms. The number of allylic oxidation sites excluding steroid dienone is 1. The topological polar surface area (TPSA) is 62.5 Å². The molecular formula is C18H31IN4O. The minimum Gasteiger partial charge on any atom is -0.359 e. The molecular weight excluding hydrogens is 415 g/mol. The zero-order valence-electron chi connectivity index (χ0n) is 15.1. The molecule has 0 amide bonds. The van der Waals surface area contributed by atoms with Crippen LogP contribution in [-0.4, -0.2) is 24.2 Å². The summed E-state index contributed by atoms with van der Waals surface area (Å²) in [7, 11) is 0. The van der Waals surface area contributed by atoms with Crippen molar-refractivity contribution in [3.05, 3.63) is 29.2 Å². The highest BCUT2D eigenvalue weighted by Gasteiger charge is 2.08. The molecule has 0 unspecified atom stereocenters. The van der Waals surface area contributed by atoms with Gasteiger partial charge in [0.1, 0.15) is 6.54 Å². The summed E-state index contributed by atoms with van der Waals surface area (Å²) >= 11 is 0. The maximum atomic E-state index is 5.33. The molecule has 0 atom stereocenters. The SMILES string of the molecule is CCNC(=NCc1cc(C(C)C)no1)NCCC1=CCCCC1.I. The number of rotatable bonds is 7. The third-order valence-corrected chi connectivity index (χ3v) is 4.03. The number of guanidine groups is 1. The van der Waals surface area contributed by atoms with Crippen LogP contribution in [0.5, 0.6) is 0 Å². The summed E-state index contributed by atoms with van der Waals surface area (Å²) in [5.74, 6) is 2.03. The maximum Gasteiger partial charge on any atom is 0.191 e. The van der Waals surface area contributed by atoms with Crippen molar-refractivity contribution < 1.29 is 4.52 Å². The van der Waals surface area contributed by atoms with E-state index in [0.717, 1.165) is 36.9 Å². The molecule has 0 saturated carbocycles. The molecule has 0 bridgehead atoms. The molecule has 0 saturated heterocycles. The van der Waals surface area contributed by atoms with Crippen LogP contribution < -0.4 is 10.6 Å². The second-order valence-electron chi connectivity index (χ2n) is 6.35. The number of aromatic nitrogens is 1. The molecule has 1 aliphatic carbocycles. The Morgan fingerprint density at radius 1 is 1.33 bits per heavy atom. The van der Waals surface area contributed by atoms with Crippen LogP contribution in [-0.2, 0) is 6.54 Å². The number of nitrogens with one attached hydrogen (secondary N) is 2. The fraction of sp³-hybridized carbons (Fsp3) is 0.667. The van der Waals surface area contributed by atoms with Gasteiger partial charge in [0.25, 0.3) is 0 Å². The Balaban J connectivity index is 0.00000288. The molecule has 1 heterocycles. The smallest absolute Gasteiger partial charge is 0.191 e. The summed E-state index contributed by atoms with van der Waals surface area (Å²) in [5, 5.41) is 10.8. The van der Waals surface area contributed by atoms with Crippen molar-refractivity contribution in [2.45, 2.75) is 65.3 Å². The number of hydrogen-bond donors (Lipinski definition) is 2.